The van der Waals surface area contributed by atoms with Crippen LogP contribution in [-0.4, -0.2) is 29.5 Å². The molecule has 138 valence electrons. The summed E-state index contributed by atoms with van der Waals surface area (Å²) in [5.41, 5.74) is 3.24. The Kier molecular flexibility index (Phi) is 5.76. The van der Waals surface area contributed by atoms with E-state index < -0.39 is 0 Å². The molecule has 0 saturated carbocycles. The number of amides is 1. The van der Waals surface area contributed by atoms with Crippen LogP contribution in [0.25, 0.3) is 10.9 Å². The Balaban J connectivity index is 1.72. The van der Waals surface area contributed by atoms with Crippen LogP contribution in [0.5, 0.6) is 5.75 Å². The molecule has 0 bridgehead atoms. The van der Waals surface area contributed by atoms with Crippen molar-refractivity contribution < 1.29 is 14.3 Å². The molecule has 3 aromatic rings. The molecule has 0 unspecified atom stereocenters. The highest BCUT2D eigenvalue weighted by Crippen LogP contribution is 2.27. The maximum Gasteiger partial charge on any atom is 0.221 e. The maximum atomic E-state index is 12.4. The van der Waals surface area contributed by atoms with Crippen molar-refractivity contribution in [3.8, 4) is 5.75 Å². The first kappa shape index (κ1) is 18.9. The molecule has 1 heterocycles. The van der Waals surface area contributed by atoms with Crippen molar-refractivity contribution in [2.24, 2.45) is 0 Å². The summed E-state index contributed by atoms with van der Waals surface area (Å²) in [6.45, 7) is 3.48. The van der Waals surface area contributed by atoms with Crippen LogP contribution in [0.15, 0.2) is 53.6 Å². The number of nitrogens with one attached hydrogen (secondary N) is 1. The minimum absolute atomic E-state index is 0.0135. The molecule has 6 heteroatoms. The summed E-state index contributed by atoms with van der Waals surface area (Å²) in [5, 5.41) is 4.56. The number of ketones is 1. The number of ether oxygens (including phenoxy) is 1. The Morgan fingerprint density at radius 2 is 1.85 bits per heavy atom. The van der Waals surface area contributed by atoms with E-state index in [-0.39, 0.29) is 11.7 Å². The van der Waals surface area contributed by atoms with Crippen LogP contribution in [-0.2, 0) is 4.79 Å². The van der Waals surface area contributed by atoms with Gasteiger partial charge in [0.25, 0.3) is 0 Å². The molecule has 3 rings (SSSR count). The Morgan fingerprint density at radius 1 is 1.11 bits per heavy atom. The predicted octanol–water partition coefficient (Wildman–Crippen LogP) is 4.49. The highest BCUT2D eigenvalue weighted by atomic mass is 32.2. The van der Waals surface area contributed by atoms with E-state index in [0.717, 1.165) is 27.2 Å². The highest BCUT2D eigenvalue weighted by Gasteiger charge is 2.10. The van der Waals surface area contributed by atoms with Crippen molar-refractivity contribution in [3.05, 3.63) is 59.7 Å². The van der Waals surface area contributed by atoms with Gasteiger partial charge in [-0.05, 0) is 55.0 Å². The summed E-state index contributed by atoms with van der Waals surface area (Å²) in [5.74, 6) is 0.923. The lowest BCUT2D eigenvalue weighted by Crippen LogP contribution is -2.07. The monoisotopic (exact) mass is 380 g/mol. The van der Waals surface area contributed by atoms with Gasteiger partial charge >= 0.3 is 0 Å². The van der Waals surface area contributed by atoms with E-state index in [2.05, 4.69) is 10.3 Å². The van der Waals surface area contributed by atoms with Gasteiger partial charge in [0, 0.05) is 29.6 Å². The largest absolute Gasteiger partial charge is 0.497 e. The number of carbonyl (C=O) groups is 2. The molecule has 0 spiro atoms. The number of carbonyl (C=O) groups excluding carboxylic acids is 2. The number of rotatable bonds is 6. The second kappa shape index (κ2) is 8.22. The predicted molar refractivity (Wildman–Crippen MR) is 109 cm³/mol. The zero-order valence-corrected chi connectivity index (χ0v) is 16.2. The van der Waals surface area contributed by atoms with Crippen molar-refractivity contribution in [1.82, 2.24) is 4.98 Å². The quantitative estimate of drug-likeness (QED) is 0.504. The lowest BCUT2D eigenvalue weighted by atomic mass is 10.1. The summed E-state index contributed by atoms with van der Waals surface area (Å²) in [6, 6.07) is 14.7. The summed E-state index contributed by atoms with van der Waals surface area (Å²) >= 11 is 1.41. The molecule has 1 N–H and O–H groups in total. The van der Waals surface area contributed by atoms with Gasteiger partial charge in [0.1, 0.15) is 5.75 Å². The Labute approximate surface area is 162 Å². The SMILES string of the molecule is COc1ccc2c(C)cc(SCC(=O)c3ccc(NC(C)=O)cc3)nc2c1. The average Bonchev–Trinajstić information content (AvgIpc) is 2.65. The fraction of sp³-hybridized carbons (Fsp3) is 0.190. The summed E-state index contributed by atoms with van der Waals surface area (Å²) in [7, 11) is 1.63. The Bertz CT molecular complexity index is 1000. The van der Waals surface area contributed by atoms with Crippen molar-refractivity contribution in [2.75, 3.05) is 18.2 Å². The number of Topliss-reactive ketones (excluding diaryl/α,β-unsaturated/α-hetero) is 1. The molecule has 0 fully saturated rings. The molecular formula is C21H20N2O3S. The van der Waals surface area contributed by atoms with Crippen LogP contribution >= 0.6 is 11.8 Å². The average molecular weight is 380 g/mol. The number of hydrogen-bond acceptors (Lipinski definition) is 5. The van der Waals surface area contributed by atoms with E-state index in [1.54, 1.807) is 31.4 Å². The van der Waals surface area contributed by atoms with Crippen molar-refractivity contribution in [2.45, 2.75) is 18.9 Å². The second-order valence-corrected chi connectivity index (χ2v) is 7.13. The molecule has 27 heavy (non-hydrogen) atoms. The third kappa shape index (κ3) is 4.65. The highest BCUT2D eigenvalue weighted by molar-refractivity contribution is 7.99. The fourth-order valence-electron chi connectivity index (χ4n) is 2.72. The lowest BCUT2D eigenvalue weighted by Gasteiger charge is -2.08. The molecule has 0 saturated heterocycles. The van der Waals surface area contributed by atoms with Crippen LogP contribution in [0.1, 0.15) is 22.8 Å². The second-order valence-electron chi connectivity index (χ2n) is 6.13. The van der Waals surface area contributed by atoms with Crippen molar-refractivity contribution >= 4 is 40.0 Å². The van der Waals surface area contributed by atoms with Gasteiger partial charge in [-0.25, -0.2) is 4.98 Å². The van der Waals surface area contributed by atoms with Gasteiger partial charge in [-0.2, -0.15) is 0 Å². The van der Waals surface area contributed by atoms with Crippen LogP contribution in [0.4, 0.5) is 5.69 Å². The number of methoxy groups -OCH3 is 1. The van der Waals surface area contributed by atoms with Crippen LogP contribution < -0.4 is 10.1 Å². The number of aryl methyl sites for hydroxylation is 1. The molecule has 0 aliphatic carbocycles. The van der Waals surface area contributed by atoms with E-state index >= 15 is 0 Å². The number of nitrogens with zero attached hydrogens (tertiary/aromatic N) is 1. The summed E-state index contributed by atoms with van der Waals surface area (Å²) in [4.78, 5) is 28.1. The zero-order valence-electron chi connectivity index (χ0n) is 15.4. The van der Waals surface area contributed by atoms with Gasteiger partial charge in [-0.15, -0.1) is 0 Å². The van der Waals surface area contributed by atoms with Crippen LogP contribution in [0.2, 0.25) is 0 Å². The number of benzene rings is 2. The number of aromatic nitrogens is 1. The lowest BCUT2D eigenvalue weighted by molar-refractivity contribution is -0.114. The van der Waals surface area contributed by atoms with Crippen molar-refractivity contribution in [3.63, 3.8) is 0 Å². The maximum absolute atomic E-state index is 12.4. The summed E-state index contributed by atoms with van der Waals surface area (Å²) in [6.07, 6.45) is 0. The molecule has 5 nitrogen and oxygen atoms in total. The van der Waals surface area contributed by atoms with Gasteiger partial charge < -0.3 is 10.1 Å². The first-order valence-corrected chi connectivity index (χ1v) is 9.44. The molecule has 1 aromatic heterocycles. The van der Waals surface area contributed by atoms with Gasteiger partial charge in [0.2, 0.25) is 5.91 Å². The Hall–Kier alpha value is -2.86. The number of thioether (sulfide) groups is 1. The Morgan fingerprint density at radius 3 is 2.52 bits per heavy atom. The topological polar surface area (TPSA) is 68.3 Å². The standard InChI is InChI=1S/C21H20N2O3S/c1-13-10-21(23-19-11-17(26-3)8-9-18(13)19)27-12-20(25)15-4-6-16(7-5-15)22-14(2)24/h4-11H,12H2,1-3H3,(H,22,24). The zero-order chi connectivity index (χ0) is 19.4. The van der Waals surface area contributed by atoms with Gasteiger partial charge in [-0.3, -0.25) is 9.59 Å². The number of pyridine rings is 1. The smallest absolute Gasteiger partial charge is 0.221 e. The van der Waals surface area contributed by atoms with E-state index in [0.29, 0.717) is 17.0 Å². The third-order valence-electron chi connectivity index (χ3n) is 4.08. The van der Waals surface area contributed by atoms with Crippen LogP contribution in [0, 0.1) is 6.92 Å². The normalized spacial score (nSPS) is 10.6. The van der Waals surface area contributed by atoms with E-state index in [9.17, 15) is 9.59 Å². The third-order valence-corrected chi connectivity index (χ3v) is 4.99. The van der Waals surface area contributed by atoms with Gasteiger partial charge in [-0.1, -0.05) is 11.8 Å². The fourth-order valence-corrected chi connectivity index (χ4v) is 3.59. The van der Waals surface area contributed by atoms with Gasteiger partial charge in [0.15, 0.2) is 5.78 Å². The molecular weight excluding hydrogens is 360 g/mol. The molecule has 0 radical (unpaired) electrons. The minimum Gasteiger partial charge on any atom is -0.497 e. The molecule has 2 aromatic carbocycles. The number of fused-ring (bicyclic) bond motifs is 1. The molecule has 0 atom stereocenters. The van der Waals surface area contributed by atoms with Crippen LogP contribution in [0.3, 0.4) is 0 Å². The summed E-state index contributed by atoms with van der Waals surface area (Å²) < 4.78 is 5.26. The van der Waals surface area contributed by atoms with E-state index in [4.69, 9.17) is 4.74 Å². The van der Waals surface area contributed by atoms with Crippen molar-refractivity contribution in [1.29, 1.82) is 0 Å². The van der Waals surface area contributed by atoms with E-state index in [1.165, 1.54) is 18.7 Å². The molecule has 0 aliphatic rings. The number of hydrogen-bond donors (Lipinski definition) is 1. The molecule has 1 amide bonds. The van der Waals surface area contributed by atoms with E-state index in [1.807, 2.05) is 31.2 Å². The van der Waals surface area contributed by atoms with Gasteiger partial charge in [0.05, 0.1) is 23.4 Å². The first-order valence-electron chi connectivity index (χ1n) is 8.45. The first-order chi connectivity index (χ1) is 13.0. The molecule has 0 aliphatic heterocycles. The minimum atomic E-state index is -0.140. The number of anilines is 1.